The summed E-state index contributed by atoms with van der Waals surface area (Å²) in [7, 11) is 0. The van der Waals surface area contributed by atoms with Gasteiger partial charge in [-0.2, -0.15) is 11.8 Å². The molecule has 0 aromatic rings. The van der Waals surface area contributed by atoms with Crippen LogP contribution in [-0.2, 0) is 0 Å². The van der Waals surface area contributed by atoms with Crippen LogP contribution in [0.25, 0.3) is 0 Å². The van der Waals surface area contributed by atoms with Crippen molar-refractivity contribution in [1.82, 2.24) is 4.90 Å². The summed E-state index contributed by atoms with van der Waals surface area (Å²) in [6.07, 6.45) is 24.0. The number of hydrogen-bond acceptors (Lipinski definition) is 2. The molecule has 0 aromatic heterocycles. The third-order valence-corrected chi connectivity index (χ3v) is 6.75. The number of unbranched alkanes of at least 4 members (excludes halogenated alkanes) is 12. The SMILES string of the molecule is CCCCCCCCCCCCSCCC.CCCCN(CCCC)CCCC. The predicted octanol–water partition coefficient (Wildman–Crippen LogP) is 9.74. The van der Waals surface area contributed by atoms with E-state index in [0.29, 0.717) is 0 Å². The molecule has 0 bridgehead atoms. The first-order valence-corrected chi connectivity index (χ1v) is 14.7. The van der Waals surface area contributed by atoms with Gasteiger partial charge in [0, 0.05) is 0 Å². The van der Waals surface area contributed by atoms with Gasteiger partial charge in [0.25, 0.3) is 0 Å². The van der Waals surface area contributed by atoms with Gasteiger partial charge in [-0.3, -0.25) is 0 Å². The molecule has 2 heteroatoms. The molecule has 0 saturated carbocycles. The van der Waals surface area contributed by atoms with Crippen LogP contribution in [0.1, 0.15) is 144 Å². The Morgan fingerprint density at radius 3 is 1.14 bits per heavy atom. The molecular weight excluding hydrogens is 370 g/mol. The fraction of sp³-hybridized carbons (Fsp3) is 1.00. The molecule has 0 radical (unpaired) electrons. The largest absolute Gasteiger partial charge is 0.303 e. The summed E-state index contributed by atoms with van der Waals surface area (Å²) in [6.45, 7) is 15.3. The molecule has 0 spiro atoms. The van der Waals surface area contributed by atoms with Gasteiger partial charge in [0.2, 0.25) is 0 Å². The van der Waals surface area contributed by atoms with E-state index in [1.54, 1.807) is 0 Å². The first-order chi connectivity index (χ1) is 14.3. The number of rotatable bonds is 22. The Hall–Kier alpha value is 0.310. The molecule has 0 aliphatic heterocycles. The molecule has 0 atom stereocenters. The highest BCUT2D eigenvalue weighted by Crippen LogP contribution is 2.12. The van der Waals surface area contributed by atoms with Crippen LogP contribution < -0.4 is 0 Å². The maximum Gasteiger partial charge on any atom is -0.00188 e. The van der Waals surface area contributed by atoms with Crippen molar-refractivity contribution in [3.63, 3.8) is 0 Å². The molecule has 0 rings (SSSR count). The Morgan fingerprint density at radius 1 is 0.379 bits per heavy atom. The first kappa shape index (κ1) is 31.5. The van der Waals surface area contributed by atoms with Crippen LogP contribution in [0.4, 0.5) is 0 Å². The van der Waals surface area contributed by atoms with Gasteiger partial charge in [-0.25, -0.2) is 0 Å². The fourth-order valence-corrected chi connectivity index (χ4v) is 4.32. The molecular formula is C27H59NS. The molecule has 0 amide bonds. The minimum absolute atomic E-state index is 1.32. The quantitative estimate of drug-likeness (QED) is 0.157. The zero-order valence-electron chi connectivity index (χ0n) is 21.4. The van der Waals surface area contributed by atoms with E-state index in [9.17, 15) is 0 Å². The molecule has 0 aliphatic rings. The standard InChI is InChI=1S/C15H32S.C12H27N/c1-3-5-6-7-8-9-10-11-12-13-15-16-14-4-2;1-4-7-10-13(11-8-5-2)12-9-6-3/h3-15H2,1-2H3;4-12H2,1-3H3. The van der Waals surface area contributed by atoms with E-state index >= 15 is 0 Å². The molecule has 0 heterocycles. The molecule has 0 saturated heterocycles. The number of nitrogens with zero attached hydrogens (tertiary/aromatic N) is 1. The van der Waals surface area contributed by atoms with E-state index in [2.05, 4.69) is 51.3 Å². The molecule has 0 aromatic carbocycles. The smallest absolute Gasteiger partial charge is 0.00188 e. The lowest BCUT2D eigenvalue weighted by Gasteiger charge is -2.21. The van der Waals surface area contributed by atoms with Crippen molar-refractivity contribution in [2.24, 2.45) is 0 Å². The first-order valence-electron chi connectivity index (χ1n) is 13.6. The fourth-order valence-electron chi connectivity index (χ4n) is 3.42. The van der Waals surface area contributed by atoms with Crippen molar-refractivity contribution in [3.05, 3.63) is 0 Å². The summed E-state index contributed by atoms with van der Waals surface area (Å²) in [6, 6.07) is 0. The second-order valence-corrected chi connectivity index (χ2v) is 9.92. The Labute approximate surface area is 191 Å². The zero-order valence-corrected chi connectivity index (χ0v) is 22.2. The van der Waals surface area contributed by atoms with Gasteiger partial charge in [-0.05, 0) is 63.2 Å². The summed E-state index contributed by atoms with van der Waals surface area (Å²) in [5.74, 6) is 2.75. The van der Waals surface area contributed by atoms with E-state index in [0.717, 1.165) is 0 Å². The van der Waals surface area contributed by atoms with Crippen LogP contribution in [0.2, 0.25) is 0 Å². The van der Waals surface area contributed by atoms with Crippen LogP contribution in [0.15, 0.2) is 0 Å². The monoisotopic (exact) mass is 429 g/mol. The van der Waals surface area contributed by atoms with Crippen molar-refractivity contribution < 1.29 is 0 Å². The van der Waals surface area contributed by atoms with E-state index in [1.807, 2.05) is 0 Å². The topological polar surface area (TPSA) is 3.24 Å². The Morgan fingerprint density at radius 2 is 0.759 bits per heavy atom. The lowest BCUT2D eigenvalue weighted by atomic mass is 10.1. The summed E-state index contributed by atoms with van der Waals surface area (Å²) in [5, 5.41) is 0. The van der Waals surface area contributed by atoms with Crippen LogP contribution in [-0.4, -0.2) is 36.0 Å². The number of hydrogen-bond donors (Lipinski definition) is 0. The predicted molar refractivity (Wildman–Crippen MR) is 141 cm³/mol. The van der Waals surface area contributed by atoms with Crippen LogP contribution >= 0.6 is 11.8 Å². The van der Waals surface area contributed by atoms with Gasteiger partial charge in [-0.15, -0.1) is 0 Å². The maximum absolute atomic E-state index is 2.64. The van der Waals surface area contributed by atoms with Gasteiger partial charge >= 0.3 is 0 Å². The van der Waals surface area contributed by atoms with E-state index < -0.39 is 0 Å². The average molecular weight is 430 g/mol. The third-order valence-electron chi connectivity index (χ3n) is 5.47. The minimum Gasteiger partial charge on any atom is -0.303 e. The van der Waals surface area contributed by atoms with Crippen molar-refractivity contribution >= 4 is 11.8 Å². The van der Waals surface area contributed by atoms with Gasteiger partial charge in [0.1, 0.15) is 0 Å². The van der Waals surface area contributed by atoms with Crippen LogP contribution in [0, 0.1) is 0 Å². The van der Waals surface area contributed by atoms with E-state index in [4.69, 9.17) is 0 Å². The summed E-state index contributed by atoms with van der Waals surface area (Å²) in [5.41, 5.74) is 0. The Balaban J connectivity index is 0. The van der Waals surface area contributed by atoms with Crippen molar-refractivity contribution in [2.75, 3.05) is 31.1 Å². The van der Waals surface area contributed by atoms with Crippen molar-refractivity contribution in [3.8, 4) is 0 Å². The van der Waals surface area contributed by atoms with Crippen LogP contribution in [0.5, 0.6) is 0 Å². The summed E-state index contributed by atoms with van der Waals surface area (Å²) >= 11 is 2.13. The number of thioether (sulfide) groups is 1. The molecule has 0 N–H and O–H groups in total. The second-order valence-electron chi connectivity index (χ2n) is 8.70. The molecule has 0 unspecified atom stereocenters. The zero-order chi connectivity index (χ0) is 21.8. The Kier molecular flexibility index (Phi) is 33.1. The van der Waals surface area contributed by atoms with Gasteiger partial charge in [0.05, 0.1) is 0 Å². The lowest BCUT2D eigenvalue weighted by molar-refractivity contribution is 0.261. The highest BCUT2D eigenvalue weighted by molar-refractivity contribution is 7.99. The molecule has 1 nitrogen and oxygen atoms in total. The van der Waals surface area contributed by atoms with E-state index in [-0.39, 0.29) is 0 Å². The third kappa shape index (κ3) is 30.6. The van der Waals surface area contributed by atoms with Crippen LogP contribution in [0.3, 0.4) is 0 Å². The highest BCUT2D eigenvalue weighted by atomic mass is 32.2. The minimum atomic E-state index is 1.32. The highest BCUT2D eigenvalue weighted by Gasteiger charge is 2.01. The summed E-state index contributed by atoms with van der Waals surface area (Å²) < 4.78 is 0. The lowest BCUT2D eigenvalue weighted by Crippen LogP contribution is -2.27. The molecule has 0 aliphatic carbocycles. The van der Waals surface area contributed by atoms with Gasteiger partial charge < -0.3 is 4.90 Å². The van der Waals surface area contributed by atoms with Gasteiger partial charge in [-0.1, -0.05) is 112 Å². The second kappa shape index (κ2) is 30.5. The molecule has 178 valence electrons. The molecule has 29 heavy (non-hydrogen) atoms. The van der Waals surface area contributed by atoms with Crippen molar-refractivity contribution in [2.45, 2.75) is 144 Å². The van der Waals surface area contributed by atoms with Gasteiger partial charge in [0.15, 0.2) is 0 Å². The van der Waals surface area contributed by atoms with E-state index in [1.165, 1.54) is 140 Å². The normalized spacial score (nSPS) is 11.0. The Bertz CT molecular complexity index is 224. The summed E-state index contributed by atoms with van der Waals surface area (Å²) in [4.78, 5) is 2.64. The average Bonchev–Trinajstić information content (AvgIpc) is 2.74. The maximum atomic E-state index is 2.64. The molecule has 0 fully saturated rings. The van der Waals surface area contributed by atoms with Crippen molar-refractivity contribution in [1.29, 1.82) is 0 Å².